The Morgan fingerprint density at radius 3 is 2.89 bits per heavy atom. The number of pyridine rings is 1. The highest BCUT2D eigenvalue weighted by molar-refractivity contribution is 5.84. The number of nitrogens with zero attached hydrogens (tertiary/aromatic N) is 1. The second-order valence-corrected chi connectivity index (χ2v) is 4.10. The van der Waals surface area contributed by atoms with E-state index in [0.717, 1.165) is 16.6 Å². The second kappa shape index (κ2) is 5.01. The predicted molar refractivity (Wildman–Crippen MR) is 69.1 cm³/mol. The maximum atomic E-state index is 10.8. The van der Waals surface area contributed by atoms with Crippen LogP contribution in [-0.4, -0.2) is 23.5 Å². The van der Waals surface area contributed by atoms with E-state index < -0.39 is 11.9 Å². The molecule has 4 N–H and O–H groups in total. The normalized spacial score (nSPS) is 12.3. The summed E-state index contributed by atoms with van der Waals surface area (Å²) in [7, 11) is 0. The molecule has 5 nitrogen and oxygen atoms in total. The van der Waals surface area contributed by atoms with E-state index in [9.17, 15) is 4.79 Å². The molecule has 0 aliphatic carbocycles. The third-order valence-electron chi connectivity index (χ3n) is 2.61. The number of aryl methyl sites for hydroxylation is 1. The number of aromatic nitrogens is 1. The minimum Gasteiger partial charge on any atom is -0.489 e. The number of para-hydroxylation sites is 1. The standard InChI is InChI=1S/C13H15N3O2/c1-8-5-6-9-3-2-4-11(12(9)16-8)18-7-10(14)13(15)17/h2-6,10H,7,14H2,1H3,(H2,15,17). The number of rotatable bonds is 4. The SMILES string of the molecule is Cc1ccc2cccc(OCC(N)C(N)=O)c2n1. The van der Waals surface area contributed by atoms with Crippen LogP contribution in [0.15, 0.2) is 30.3 Å². The van der Waals surface area contributed by atoms with Gasteiger partial charge in [0.1, 0.15) is 23.9 Å². The van der Waals surface area contributed by atoms with E-state index in [-0.39, 0.29) is 6.61 Å². The van der Waals surface area contributed by atoms with Crippen molar-refractivity contribution < 1.29 is 9.53 Å². The van der Waals surface area contributed by atoms with Crippen LogP contribution in [0.25, 0.3) is 10.9 Å². The van der Waals surface area contributed by atoms with Crippen molar-refractivity contribution in [2.45, 2.75) is 13.0 Å². The number of hydrogen-bond donors (Lipinski definition) is 2. The molecule has 1 unspecified atom stereocenters. The van der Waals surface area contributed by atoms with Crippen molar-refractivity contribution in [1.29, 1.82) is 0 Å². The maximum absolute atomic E-state index is 10.8. The lowest BCUT2D eigenvalue weighted by Crippen LogP contribution is -2.41. The fourth-order valence-corrected chi connectivity index (χ4v) is 1.60. The molecular weight excluding hydrogens is 230 g/mol. The third-order valence-corrected chi connectivity index (χ3v) is 2.61. The molecule has 94 valence electrons. The van der Waals surface area contributed by atoms with E-state index in [1.165, 1.54) is 0 Å². The van der Waals surface area contributed by atoms with Gasteiger partial charge in [0.15, 0.2) is 0 Å². The van der Waals surface area contributed by atoms with E-state index in [0.29, 0.717) is 5.75 Å². The molecule has 0 aliphatic heterocycles. The zero-order valence-corrected chi connectivity index (χ0v) is 10.1. The lowest BCUT2D eigenvalue weighted by atomic mass is 10.2. The first-order valence-corrected chi connectivity index (χ1v) is 5.62. The summed E-state index contributed by atoms with van der Waals surface area (Å²) in [5.41, 5.74) is 12.3. The number of hydrogen-bond acceptors (Lipinski definition) is 4. The molecule has 2 rings (SSSR count). The molecule has 1 atom stereocenters. The highest BCUT2D eigenvalue weighted by atomic mass is 16.5. The van der Waals surface area contributed by atoms with Crippen molar-refractivity contribution in [2.75, 3.05) is 6.61 Å². The topological polar surface area (TPSA) is 91.2 Å². The van der Waals surface area contributed by atoms with Crippen LogP contribution in [0.5, 0.6) is 5.75 Å². The summed E-state index contributed by atoms with van der Waals surface area (Å²) in [4.78, 5) is 15.3. The van der Waals surface area contributed by atoms with Gasteiger partial charge in [-0.05, 0) is 19.1 Å². The molecule has 0 fully saturated rings. The van der Waals surface area contributed by atoms with Gasteiger partial charge in [-0.1, -0.05) is 18.2 Å². The van der Waals surface area contributed by atoms with Gasteiger partial charge >= 0.3 is 0 Å². The van der Waals surface area contributed by atoms with Gasteiger partial charge in [0, 0.05) is 11.1 Å². The van der Waals surface area contributed by atoms with Gasteiger partial charge < -0.3 is 16.2 Å². The minimum atomic E-state index is -0.815. The van der Waals surface area contributed by atoms with E-state index in [1.54, 1.807) is 6.07 Å². The Balaban J connectivity index is 2.27. The molecule has 0 bridgehead atoms. The van der Waals surface area contributed by atoms with Gasteiger partial charge in [-0.25, -0.2) is 4.98 Å². The second-order valence-electron chi connectivity index (χ2n) is 4.10. The Hall–Kier alpha value is -2.14. The lowest BCUT2D eigenvalue weighted by molar-refractivity contribution is -0.119. The van der Waals surface area contributed by atoms with Crippen molar-refractivity contribution in [3.63, 3.8) is 0 Å². The summed E-state index contributed by atoms with van der Waals surface area (Å²) in [6.45, 7) is 1.95. The van der Waals surface area contributed by atoms with Gasteiger partial charge in [-0.3, -0.25) is 4.79 Å². The molecular formula is C13H15N3O2. The van der Waals surface area contributed by atoms with E-state index in [1.807, 2.05) is 31.2 Å². The summed E-state index contributed by atoms with van der Waals surface area (Å²) in [5, 5.41) is 0.978. The zero-order chi connectivity index (χ0) is 13.1. The molecule has 1 aromatic heterocycles. The van der Waals surface area contributed by atoms with Crippen molar-refractivity contribution in [1.82, 2.24) is 4.98 Å². The molecule has 18 heavy (non-hydrogen) atoms. The number of amides is 1. The molecule has 1 amide bonds. The van der Waals surface area contributed by atoms with Crippen molar-refractivity contribution >= 4 is 16.8 Å². The van der Waals surface area contributed by atoms with Crippen molar-refractivity contribution in [3.05, 3.63) is 36.0 Å². The smallest absolute Gasteiger partial charge is 0.237 e. The Kier molecular flexibility index (Phi) is 3.43. The zero-order valence-electron chi connectivity index (χ0n) is 10.1. The predicted octanol–water partition coefficient (Wildman–Crippen LogP) is 0.735. The number of primary amides is 1. The number of ether oxygens (including phenoxy) is 1. The Labute approximate surface area is 105 Å². The van der Waals surface area contributed by atoms with Crippen LogP contribution >= 0.6 is 0 Å². The molecule has 1 heterocycles. The average Bonchev–Trinajstić information content (AvgIpc) is 2.35. The number of fused-ring (bicyclic) bond motifs is 1. The molecule has 5 heteroatoms. The van der Waals surface area contributed by atoms with E-state index in [4.69, 9.17) is 16.2 Å². The molecule has 2 aromatic rings. The molecule has 0 saturated heterocycles. The van der Waals surface area contributed by atoms with Crippen LogP contribution in [0, 0.1) is 6.92 Å². The maximum Gasteiger partial charge on any atom is 0.237 e. The van der Waals surface area contributed by atoms with Gasteiger partial charge in [0.05, 0.1) is 0 Å². The molecule has 0 saturated carbocycles. The van der Waals surface area contributed by atoms with Crippen molar-refractivity contribution in [3.8, 4) is 5.75 Å². The summed E-state index contributed by atoms with van der Waals surface area (Å²) < 4.78 is 5.51. The Bertz CT molecular complexity index is 583. The molecule has 0 aliphatic rings. The van der Waals surface area contributed by atoms with Crippen LogP contribution in [0.2, 0.25) is 0 Å². The molecule has 0 radical (unpaired) electrons. The van der Waals surface area contributed by atoms with Gasteiger partial charge in [0.2, 0.25) is 5.91 Å². The number of carbonyl (C=O) groups excluding carboxylic acids is 1. The summed E-state index contributed by atoms with van der Waals surface area (Å²) >= 11 is 0. The van der Waals surface area contributed by atoms with Gasteiger partial charge in [-0.2, -0.15) is 0 Å². The summed E-state index contributed by atoms with van der Waals surface area (Å²) in [6.07, 6.45) is 0. The largest absolute Gasteiger partial charge is 0.489 e. The average molecular weight is 245 g/mol. The fourth-order valence-electron chi connectivity index (χ4n) is 1.60. The summed E-state index contributed by atoms with van der Waals surface area (Å²) in [6, 6.07) is 8.69. The number of carbonyl (C=O) groups is 1. The Morgan fingerprint density at radius 1 is 1.39 bits per heavy atom. The fraction of sp³-hybridized carbons (Fsp3) is 0.231. The minimum absolute atomic E-state index is 0.0457. The number of benzene rings is 1. The van der Waals surface area contributed by atoms with Crippen LogP contribution < -0.4 is 16.2 Å². The monoisotopic (exact) mass is 245 g/mol. The van der Waals surface area contributed by atoms with Crippen molar-refractivity contribution in [2.24, 2.45) is 11.5 Å². The number of nitrogens with two attached hydrogens (primary N) is 2. The van der Waals surface area contributed by atoms with Crippen LogP contribution in [0.1, 0.15) is 5.69 Å². The highest BCUT2D eigenvalue weighted by Crippen LogP contribution is 2.23. The summed E-state index contributed by atoms with van der Waals surface area (Å²) in [5.74, 6) is 0.0206. The van der Waals surface area contributed by atoms with Crippen LogP contribution in [0.4, 0.5) is 0 Å². The van der Waals surface area contributed by atoms with Gasteiger partial charge in [-0.15, -0.1) is 0 Å². The van der Waals surface area contributed by atoms with Crippen LogP contribution in [0.3, 0.4) is 0 Å². The first-order valence-electron chi connectivity index (χ1n) is 5.62. The quantitative estimate of drug-likeness (QED) is 0.830. The first kappa shape index (κ1) is 12.3. The molecule has 1 aromatic carbocycles. The first-order chi connectivity index (χ1) is 8.58. The lowest BCUT2D eigenvalue weighted by Gasteiger charge is -2.11. The third kappa shape index (κ3) is 2.57. The highest BCUT2D eigenvalue weighted by Gasteiger charge is 2.11. The van der Waals surface area contributed by atoms with E-state index >= 15 is 0 Å². The van der Waals surface area contributed by atoms with Gasteiger partial charge in [0.25, 0.3) is 0 Å². The van der Waals surface area contributed by atoms with E-state index in [2.05, 4.69) is 4.98 Å². The van der Waals surface area contributed by atoms with Crippen LogP contribution in [-0.2, 0) is 4.79 Å². The molecule has 0 spiro atoms. The Morgan fingerprint density at radius 2 is 2.17 bits per heavy atom.